The number of nitrogens with one attached hydrogen (secondary N) is 1. The van der Waals surface area contributed by atoms with Crippen LogP contribution in [0.25, 0.3) is 0 Å². The van der Waals surface area contributed by atoms with Crippen LogP contribution in [0.4, 0.5) is 5.82 Å². The lowest BCUT2D eigenvalue weighted by atomic mass is 10.2. The van der Waals surface area contributed by atoms with Gasteiger partial charge >= 0.3 is 5.97 Å². The predicted molar refractivity (Wildman–Crippen MR) is 70.1 cm³/mol. The van der Waals surface area contributed by atoms with Gasteiger partial charge in [-0.05, 0) is 18.2 Å². The van der Waals surface area contributed by atoms with E-state index >= 15 is 0 Å². The second-order valence-corrected chi connectivity index (χ2v) is 3.96. The van der Waals surface area contributed by atoms with Gasteiger partial charge in [0.05, 0.1) is 6.54 Å². The fourth-order valence-corrected chi connectivity index (χ4v) is 1.52. The minimum atomic E-state index is -0.452. The lowest BCUT2D eigenvalue weighted by molar-refractivity contribution is -0.131. The zero-order valence-corrected chi connectivity index (χ0v) is 10.8. The van der Waals surface area contributed by atoms with Crippen molar-refractivity contribution in [1.29, 1.82) is 0 Å². The van der Waals surface area contributed by atoms with Gasteiger partial charge in [0.1, 0.15) is 5.75 Å². The zero-order valence-electron chi connectivity index (χ0n) is 10.8. The Hall–Kier alpha value is -2.67. The first-order valence-corrected chi connectivity index (χ1v) is 5.84. The maximum absolute atomic E-state index is 12.0. The van der Waals surface area contributed by atoms with Gasteiger partial charge in [-0.3, -0.25) is 9.59 Å². The van der Waals surface area contributed by atoms with E-state index in [1.165, 1.54) is 19.1 Å². The molecule has 0 atom stereocenters. The van der Waals surface area contributed by atoms with Crippen LogP contribution in [0.2, 0.25) is 0 Å². The van der Waals surface area contributed by atoms with Crippen LogP contribution in [0.5, 0.6) is 5.75 Å². The molecule has 0 aliphatic carbocycles. The van der Waals surface area contributed by atoms with Gasteiger partial charge in [0.25, 0.3) is 5.91 Å². The first-order chi connectivity index (χ1) is 9.58. The number of carbonyl (C=O) groups excluding carboxylic acids is 2. The van der Waals surface area contributed by atoms with E-state index in [0.29, 0.717) is 17.1 Å². The first kappa shape index (κ1) is 13.8. The van der Waals surface area contributed by atoms with Crippen LogP contribution in [-0.2, 0) is 11.3 Å². The zero-order chi connectivity index (χ0) is 14.5. The number of anilines is 1. The van der Waals surface area contributed by atoms with Crippen molar-refractivity contribution in [3.8, 4) is 5.75 Å². The molecule has 0 radical (unpaired) electrons. The van der Waals surface area contributed by atoms with E-state index in [1.807, 2.05) is 0 Å². The van der Waals surface area contributed by atoms with Crippen LogP contribution in [0.3, 0.4) is 0 Å². The number of nitrogens with zero attached hydrogens (tertiary/aromatic N) is 1. The molecule has 1 heterocycles. The highest BCUT2D eigenvalue weighted by Gasteiger charge is 2.11. The summed E-state index contributed by atoms with van der Waals surface area (Å²) in [4.78, 5) is 22.8. The van der Waals surface area contributed by atoms with Crippen molar-refractivity contribution < 1.29 is 18.8 Å². The SMILES string of the molecule is CC(=O)Oc1cccc(C(=O)Nc2cc(CN)on2)c1. The number of rotatable bonds is 4. The molecule has 0 saturated carbocycles. The van der Waals surface area contributed by atoms with E-state index in [9.17, 15) is 9.59 Å². The summed E-state index contributed by atoms with van der Waals surface area (Å²) in [6.07, 6.45) is 0. The van der Waals surface area contributed by atoms with E-state index < -0.39 is 11.9 Å². The van der Waals surface area contributed by atoms with Crippen LogP contribution in [0.1, 0.15) is 23.0 Å². The Labute approximate surface area is 114 Å². The molecule has 2 rings (SSSR count). The molecular formula is C13H13N3O4. The standard InChI is InChI=1S/C13H13N3O4/c1-8(17)19-10-4-2-3-9(5-10)13(18)15-12-6-11(7-14)20-16-12/h2-6H,7,14H2,1H3,(H,15,16,18). The van der Waals surface area contributed by atoms with Gasteiger partial charge in [-0.1, -0.05) is 11.2 Å². The van der Waals surface area contributed by atoms with Crippen LogP contribution < -0.4 is 15.8 Å². The number of esters is 1. The van der Waals surface area contributed by atoms with Gasteiger partial charge in [-0.15, -0.1) is 0 Å². The molecule has 0 aliphatic heterocycles. The number of hydrogen-bond acceptors (Lipinski definition) is 6. The van der Waals surface area contributed by atoms with E-state index in [-0.39, 0.29) is 12.4 Å². The Morgan fingerprint density at radius 3 is 2.85 bits per heavy atom. The van der Waals surface area contributed by atoms with Crippen molar-refractivity contribution in [1.82, 2.24) is 5.16 Å². The number of amides is 1. The highest BCUT2D eigenvalue weighted by molar-refractivity contribution is 6.04. The molecule has 1 aromatic carbocycles. The van der Waals surface area contributed by atoms with Crippen molar-refractivity contribution in [2.75, 3.05) is 5.32 Å². The summed E-state index contributed by atoms with van der Waals surface area (Å²) < 4.78 is 9.78. The Morgan fingerprint density at radius 2 is 2.20 bits per heavy atom. The van der Waals surface area contributed by atoms with E-state index in [4.69, 9.17) is 15.0 Å². The van der Waals surface area contributed by atoms with E-state index in [1.54, 1.807) is 18.2 Å². The fraction of sp³-hybridized carbons (Fsp3) is 0.154. The average molecular weight is 275 g/mol. The van der Waals surface area contributed by atoms with Gasteiger partial charge < -0.3 is 20.3 Å². The molecule has 3 N–H and O–H groups in total. The number of carbonyl (C=O) groups is 2. The lowest BCUT2D eigenvalue weighted by Crippen LogP contribution is -2.12. The summed E-state index contributed by atoms with van der Waals surface area (Å²) in [7, 11) is 0. The quantitative estimate of drug-likeness (QED) is 0.643. The summed E-state index contributed by atoms with van der Waals surface area (Å²) >= 11 is 0. The topological polar surface area (TPSA) is 107 Å². The van der Waals surface area contributed by atoms with Crippen molar-refractivity contribution >= 4 is 17.7 Å². The molecule has 0 bridgehead atoms. The maximum Gasteiger partial charge on any atom is 0.308 e. The number of ether oxygens (including phenoxy) is 1. The molecule has 0 aliphatic rings. The van der Waals surface area contributed by atoms with Crippen molar-refractivity contribution in [2.24, 2.45) is 5.73 Å². The molecule has 2 aromatic rings. The number of aromatic nitrogens is 1. The molecule has 7 heteroatoms. The maximum atomic E-state index is 12.0. The molecule has 1 amide bonds. The molecule has 7 nitrogen and oxygen atoms in total. The summed E-state index contributed by atoms with van der Waals surface area (Å²) in [6, 6.07) is 7.78. The predicted octanol–water partition coefficient (Wildman–Crippen LogP) is 1.31. The highest BCUT2D eigenvalue weighted by Crippen LogP contribution is 2.15. The van der Waals surface area contributed by atoms with Crippen molar-refractivity contribution in [2.45, 2.75) is 13.5 Å². The second kappa shape index (κ2) is 5.98. The Morgan fingerprint density at radius 1 is 1.40 bits per heavy atom. The second-order valence-electron chi connectivity index (χ2n) is 3.96. The van der Waals surface area contributed by atoms with Crippen molar-refractivity contribution in [3.05, 3.63) is 41.7 Å². The molecule has 20 heavy (non-hydrogen) atoms. The lowest BCUT2D eigenvalue weighted by Gasteiger charge is -2.04. The minimum absolute atomic E-state index is 0.199. The fourth-order valence-electron chi connectivity index (χ4n) is 1.52. The number of benzene rings is 1. The molecule has 0 spiro atoms. The van der Waals surface area contributed by atoms with Gasteiger partial charge in [0, 0.05) is 18.6 Å². The average Bonchev–Trinajstić information content (AvgIpc) is 2.86. The number of nitrogens with two attached hydrogens (primary N) is 1. The van der Waals surface area contributed by atoms with E-state index in [2.05, 4.69) is 10.5 Å². The van der Waals surface area contributed by atoms with Crippen LogP contribution >= 0.6 is 0 Å². The van der Waals surface area contributed by atoms with Crippen molar-refractivity contribution in [3.63, 3.8) is 0 Å². The summed E-state index contributed by atoms with van der Waals surface area (Å²) in [5.41, 5.74) is 5.71. The molecule has 0 unspecified atom stereocenters. The summed E-state index contributed by atoms with van der Waals surface area (Å²) in [5.74, 6) is 0.192. The minimum Gasteiger partial charge on any atom is -0.427 e. The molecular weight excluding hydrogens is 262 g/mol. The van der Waals surface area contributed by atoms with Crippen LogP contribution in [-0.4, -0.2) is 17.0 Å². The van der Waals surface area contributed by atoms with Gasteiger partial charge in [-0.2, -0.15) is 0 Å². The Balaban J connectivity index is 2.10. The highest BCUT2D eigenvalue weighted by atomic mass is 16.5. The number of hydrogen-bond donors (Lipinski definition) is 2. The van der Waals surface area contributed by atoms with Crippen LogP contribution in [0, 0.1) is 0 Å². The molecule has 104 valence electrons. The van der Waals surface area contributed by atoms with Crippen LogP contribution in [0.15, 0.2) is 34.9 Å². The summed E-state index contributed by atoms with van der Waals surface area (Å²) in [5, 5.41) is 6.20. The largest absolute Gasteiger partial charge is 0.427 e. The van der Waals surface area contributed by atoms with Gasteiger partial charge in [0.15, 0.2) is 11.6 Å². The molecule has 1 aromatic heterocycles. The summed E-state index contributed by atoms with van der Waals surface area (Å²) in [6.45, 7) is 1.49. The molecule has 0 saturated heterocycles. The Bertz CT molecular complexity index is 636. The third kappa shape index (κ3) is 3.42. The van der Waals surface area contributed by atoms with Gasteiger partial charge in [-0.25, -0.2) is 0 Å². The smallest absolute Gasteiger partial charge is 0.308 e. The first-order valence-electron chi connectivity index (χ1n) is 5.84. The van der Waals surface area contributed by atoms with Gasteiger partial charge in [0.2, 0.25) is 0 Å². The van der Waals surface area contributed by atoms with E-state index in [0.717, 1.165) is 0 Å². The third-order valence-electron chi connectivity index (χ3n) is 2.36. The third-order valence-corrected chi connectivity index (χ3v) is 2.36. The molecule has 0 fully saturated rings. The Kier molecular flexibility index (Phi) is 4.11. The normalized spacial score (nSPS) is 10.1. The monoisotopic (exact) mass is 275 g/mol.